The van der Waals surface area contributed by atoms with Gasteiger partial charge in [-0.1, -0.05) is 35.9 Å². The molecule has 3 aromatic rings. The smallest absolute Gasteiger partial charge is 0.270 e. The van der Waals surface area contributed by atoms with Crippen molar-refractivity contribution >= 4 is 39.7 Å². The molecule has 8 heteroatoms. The highest BCUT2D eigenvalue weighted by molar-refractivity contribution is 7.16. The summed E-state index contributed by atoms with van der Waals surface area (Å²) >= 11 is 7.40. The molecule has 2 aromatic carbocycles. The van der Waals surface area contributed by atoms with Crippen LogP contribution in [-0.4, -0.2) is 15.8 Å². The Bertz CT molecular complexity index is 1030. The van der Waals surface area contributed by atoms with Crippen LogP contribution in [0.3, 0.4) is 0 Å². The summed E-state index contributed by atoms with van der Waals surface area (Å²) in [6, 6.07) is 11.8. The van der Waals surface area contributed by atoms with Crippen molar-refractivity contribution in [2.24, 2.45) is 0 Å². The van der Waals surface area contributed by atoms with Crippen LogP contribution in [0.2, 0.25) is 5.02 Å². The van der Waals surface area contributed by atoms with Crippen LogP contribution in [0.1, 0.15) is 20.8 Å². The van der Waals surface area contributed by atoms with E-state index >= 15 is 0 Å². The van der Waals surface area contributed by atoms with Crippen LogP contribution in [0.4, 0.5) is 10.8 Å². The first-order chi connectivity index (χ1) is 12.0. The Morgan fingerprint density at radius 1 is 1.28 bits per heavy atom. The lowest BCUT2D eigenvalue weighted by atomic mass is 10.1. The highest BCUT2D eigenvalue weighted by Crippen LogP contribution is 2.41. The fraction of sp³-hybridized carbons (Fsp3) is 0.0588. The van der Waals surface area contributed by atoms with Gasteiger partial charge >= 0.3 is 0 Å². The van der Waals surface area contributed by atoms with Crippen LogP contribution in [-0.2, 0) is 6.42 Å². The molecule has 0 bridgehead atoms. The summed E-state index contributed by atoms with van der Waals surface area (Å²) in [7, 11) is 0. The fourth-order valence-corrected chi connectivity index (χ4v) is 3.98. The number of nitro benzene ring substituents is 1. The monoisotopic (exact) mass is 371 g/mol. The van der Waals surface area contributed by atoms with E-state index < -0.39 is 10.8 Å². The zero-order valence-electron chi connectivity index (χ0n) is 12.7. The standard InChI is InChI=1S/C17H10ClN3O3S/c18-13-6-5-10(21(23)24)8-12(13)16(22)20-17-19-15-11-4-2-1-3-9(11)7-14(15)25-17/h1-6,8H,7H2,(H,19,20,22). The Balaban J connectivity index is 1.62. The van der Waals surface area contributed by atoms with Crippen LogP contribution in [0.5, 0.6) is 0 Å². The van der Waals surface area contributed by atoms with Crippen molar-refractivity contribution in [2.75, 3.05) is 5.32 Å². The second-order valence-electron chi connectivity index (χ2n) is 5.50. The maximum absolute atomic E-state index is 12.4. The molecule has 0 saturated heterocycles. The van der Waals surface area contributed by atoms with Gasteiger partial charge in [0.2, 0.25) is 0 Å². The van der Waals surface area contributed by atoms with Crippen LogP contribution < -0.4 is 5.32 Å². The summed E-state index contributed by atoms with van der Waals surface area (Å²) in [6.45, 7) is 0. The Morgan fingerprint density at radius 2 is 2.08 bits per heavy atom. The van der Waals surface area contributed by atoms with Gasteiger partial charge in [0.25, 0.3) is 11.6 Å². The largest absolute Gasteiger partial charge is 0.298 e. The second kappa shape index (κ2) is 5.94. The van der Waals surface area contributed by atoms with E-state index in [4.69, 9.17) is 11.6 Å². The summed E-state index contributed by atoms with van der Waals surface area (Å²) in [6.07, 6.45) is 0.788. The molecular formula is C17H10ClN3O3S. The SMILES string of the molecule is O=C(Nc1nc2c(s1)Cc1ccccc1-2)c1cc([N+](=O)[O-])ccc1Cl. The first kappa shape index (κ1) is 15.7. The fourth-order valence-electron chi connectivity index (χ4n) is 2.78. The van der Waals surface area contributed by atoms with Crippen LogP contribution >= 0.6 is 22.9 Å². The maximum atomic E-state index is 12.4. The predicted octanol–water partition coefficient (Wildman–Crippen LogP) is 4.53. The van der Waals surface area contributed by atoms with Crippen molar-refractivity contribution < 1.29 is 9.72 Å². The second-order valence-corrected chi connectivity index (χ2v) is 6.99. The molecule has 1 N–H and O–H groups in total. The minimum absolute atomic E-state index is 0.0478. The number of anilines is 1. The van der Waals surface area contributed by atoms with Crippen LogP contribution in [0.25, 0.3) is 11.3 Å². The van der Waals surface area contributed by atoms with Crippen molar-refractivity contribution in [3.8, 4) is 11.3 Å². The Labute approximate surface area is 151 Å². The lowest BCUT2D eigenvalue weighted by Crippen LogP contribution is -2.12. The van der Waals surface area contributed by atoms with Gasteiger partial charge in [0.05, 0.1) is 21.2 Å². The summed E-state index contributed by atoms with van der Waals surface area (Å²) in [5.41, 5.74) is 3.02. The van der Waals surface area contributed by atoms with Crippen molar-refractivity contribution in [1.29, 1.82) is 0 Å². The summed E-state index contributed by atoms with van der Waals surface area (Å²) in [4.78, 5) is 28.3. The van der Waals surface area contributed by atoms with E-state index in [1.807, 2.05) is 18.2 Å². The molecule has 0 unspecified atom stereocenters. The zero-order valence-corrected chi connectivity index (χ0v) is 14.2. The number of non-ortho nitro benzene ring substituents is 1. The number of thiazole rings is 1. The number of rotatable bonds is 3. The minimum atomic E-state index is -0.567. The summed E-state index contributed by atoms with van der Waals surface area (Å²) in [5, 5.41) is 14.2. The number of benzene rings is 2. The third kappa shape index (κ3) is 2.77. The number of carbonyl (C=O) groups excluding carboxylic acids is 1. The zero-order chi connectivity index (χ0) is 17.6. The summed E-state index contributed by atoms with van der Waals surface area (Å²) < 4.78 is 0. The number of fused-ring (bicyclic) bond motifs is 3. The average Bonchev–Trinajstić information content (AvgIpc) is 3.12. The molecule has 1 heterocycles. The molecule has 0 fully saturated rings. The highest BCUT2D eigenvalue weighted by Gasteiger charge is 2.24. The normalized spacial score (nSPS) is 11.7. The van der Waals surface area contributed by atoms with E-state index in [1.165, 1.54) is 29.0 Å². The predicted molar refractivity (Wildman–Crippen MR) is 96.4 cm³/mol. The first-order valence-electron chi connectivity index (χ1n) is 7.36. The molecular weight excluding hydrogens is 362 g/mol. The molecule has 0 atom stereocenters. The third-order valence-electron chi connectivity index (χ3n) is 3.95. The molecule has 0 spiro atoms. The molecule has 4 rings (SSSR count). The van der Waals surface area contributed by atoms with Gasteiger partial charge in [0, 0.05) is 29.0 Å². The maximum Gasteiger partial charge on any atom is 0.270 e. The van der Waals surface area contributed by atoms with E-state index in [2.05, 4.69) is 16.4 Å². The van der Waals surface area contributed by atoms with Gasteiger partial charge in [-0.2, -0.15) is 0 Å². The van der Waals surface area contributed by atoms with Crippen molar-refractivity contribution in [3.63, 3.8) is 0 Å². The van der Waals surface area contributed by atoms with Gasteiger partial charge in [-0.15, -0.1) is 11.3 Å². The van der Waals surface area contributed by atoms with Gasteiger partial charge in [-0.05, 0) is 11.6 Å². The number of hydrogen-bond donors (Lipinski definition) is 1. The summed E-state index contributed by atoms with van der Waals surface area (Å²) in [5.74, 6) is -0.519. The van der Waals surface area contributed by atoms with Gasteiger partial charge < -0.3 is 0 Å². The molecule has 1 aromatic heterocycles. The number of carbonyl (C=O) groups is 1. The van der Waals surface area contributed by atoms with E-state index in [9.17, 15) is 14.9 Å². The molecule has 1 aliphatic rings. The van der Waals surface area contributed by atoms with Gasteiger partial charge in [0.15, 0.2) is 5.13 Å². The number of nitrogens with one attached hydrogen (secondary N) is 1. The molecule has 0 saturated carbocycles. The molecule has 1 amide bonds. The number of halogens is 1. The Hall–Kier alpha value is -2.77. The van der Waals surface area contributed by atoms with Crippen LogP contribution in [0, 0.1) is 10.1 Å². The third-order valence-corrected chi connectivity index (χ3v) is 5.25. The lowest BCUT2D eigenvalue weighted by Gasteiger charge is -2.04. The molecule has 0 radical (unpaired) electrons. The number of nitro groups is 1. The average molecular weight is 372 g/mol. The van der Waals surface area contributed by atoms with E-state index in [-0.39, 0.29) is 16.3 Å². The lowest BCUT2D eigenvalue weighted by molar-refractivity contribution is -0.384. The quantitative estimate of drug-likeness (QED) is 0.423. The Kier molecular flexibility index (Phi) is 3.74. The number of amides is 1. The van der Waals surface area contributed by atoms with E-state index in [0.717, 1.165) is 28.6 Å². The number of aromatic nitrogens is 1. The van der Waals surface area contributed by atoms with E-state index in [1.54, 1.807) is 0 Å². The Morgan fingerprint density at radius 3 is 2.88 bits per heavy atom. The molecule has 25 heavy (non-hydrogen) atoms. The molecule has 0 aliphatic heterocycles. The molecule has 124 valence electrons. The van der Waals surface area contributed by atoms with E-state index in [0.29, 0.717) is 5.13 Å². The van der Waals surface area contributed by atoms with Gasteiger partial charge in [-0.3, -0.25) is 20.2 Å². The van der Waals surface area contributed by atoms with Crippen molar-refractivity contribution in [1.82, 2.24) is 4.98 Å². The van der Waals surface area contributed by atoms with Crippen molar-refractivity contribution in [2.45, 2.75) is 6.42 Å². The van der Waals surface area contributed by atoms with Gasteiger partial charge in [0.1, 0.15) is 0 Å². The highest BCUT2D eigenvalue weighted by atomic mass is 35.5. The number of hydrogen-bond acceptors (Lipinski definition) is 5. The van der Waals surface area contributed by atoms with Crippen molar-refractivity contribution in [3.05, 3.63) is 73.6 Å². The van der Waals surface area contributed by atoms with Gasteiger partial charge in [-0.25, -0.2) is 4.98 Å². The minimum Gasteiger partial charge on any atom is -0.298 e. The topological polar surface area (TPSA) is 85.1 Å². The molecule has 1 aliphatic carbocycles. The first-order valence-corrected chi connectivity index (χ1v) is 8.55. The number of nitrogens with zero attached hydrogens (tertiary/aromatic N) is 2. The molecule has 6 nitrogen and oxygen atoms in total. The van der Waals surface area contributed by atoms with Crippen LogP contribution in [0.15, 0.2) is 42.5 Å².